The summed E-state index contributed by atoms with van der Waals surface area (Å²) in [5.74, 6) is -1.18. The number of hydrogen-bond donors (Lipinski definition) is 4. The average Bonchev–Trinajstić information content (AvgIpc) is 3.53. The minimum Gasteiger partial charge on any atom is -0.385 e. The molecule has 300 valence electrons. The van der Waals surface area contributed by atoms with E-state index >= 15 is 0 Å². The lowest BCUT2D eigenvalue weighted by molar-refractivity contribution is -0.135. The van der Waals surface area contributed by atoms with Gasteiger partial charge in [-0.3, -0.25) is 33.5 Å². The molecule has 17 nitrogen and oxygen atoms in total. The minimum atomic E-state index is -1.02. The molecule has 5 aromatic rings. The van der Waals surface area contributed by atoms with Gasteiger partial charge in [-0.1, -0.05) is 18.9 Å². The molecule has 1 unspecified atom stereocenters. The number of anilines is 1. The first-order chi connectivity index (χ1) is 27.6. The monoisotopic (exact) mass is 782 g/mol. The molecule has 2 aliphatic heterocycles. The van der Waals surface area contributed by atoms with Gasteiger partial charge in [0.25, 0.3) is 5.91 Å². The molecule has 8 rings (SSSR count). The standard InChI is InChI=1S/C39H47FN12O5/c1-41-29-19-27(47-52-33(21-43-35(29)52)37(55)45-28-18-26(28)40)24-20-44-50(22-24)25-12-15-49(16-13-25)38(56)42-14-6-4-3-5-7-23-8-9-30-32(17-23)48(2)39(57)51(30)31-10-11-34(53)46-36(31)54/h8-9,17,19-22,25-26,28,31,41H,3-7,10-16,18H2,1-2H3,(H,42,56)(H,45,55)(H,46,53,54)/t26-,28+,31?/m0/s1. The van der Waals surface area contributed by atoms with E-state index in [0.29, 0.717) is 55.0 Å². The number of imidazole rings is 2. The molecule has 4 N–H and O–H groups in total. The zero-order valence-corrected chi connectivity index (χ0v) is 32.0. The summed E-state index contributed by atoms with van der Waals surface area (Å²) in [7, 11) is 3.47. The molecule has 0 spiro atoms. The number of hydrogen-bond acceptors (Lipinski definition) is 9. The Labute approximate surface area is 327 Å². The van der Waals surface area contributed by atoms with E-state index in [1.165, 1.54) is 15.3 Å². The van der Waals surface area contributed by atoms with Crippen LogP contribution >= 0.6 is 0 Å². The van der Waals surface area contributed by atoms with Gasteiger partial charge in [0.2, 0.25) is 11.8 Å². The fourth-order valence-electron chi connectivity index (χ4n) is 7.92. The van der Waals surface area contributed by atoms with E-state index in [2.05, 4.69) is 31.3 Å². The topological polar surface area (TPSA) is 195 Å². The Morgan fingerprint density at radius 3 is 2.54 bits per heavy atom. The van der Waals surface area contributed by atoms with Gasteiger partial charge in [0.1, 0.15) is 12.2 Å². The number of unbranched alkanes of at least 4 members (excludes halogenated alkanes) is 3. The maximum Gasteiger partial charge on any atom is 0.329 e. The normalized spacial score (nSPS) is 19.9. The summed E-state index contributed by atoms with van der Waals surface area (Å²) in [6, 6.07) is 6.64. The van der Waals surface area contributed by atoms with E-state index < -0.39 is 30.1 Å². The molecule has 6 heterocycles. The van der Waals surface area contributed by atoms with Gasteiger partial charge in [0, 0.05) is 58.3 Å². The van der Waals surface area contributed by atoms with Crippen molar-refractivity contribution in [1.82, 2.24) is 54.4 Å². The third-order valence-corrected chi connectivity index (χ3v) is 11.4. The lowest BCUT2D eigenvalue weighted by atomic mass is 10.0. The number of halogens is 1. The van der Waals surface area contributed by atoms with Gasteiger partial charge in [0.05, 0.1) is 46.9 Å². The van der Waals surface area contributed by atoms with Crippen molar-refractivity contribution in [3.05, 3.63) is 64.6 Å². The second-order valence-corrected chi connectivity index (χ2v) is 15.2. The highest BCUT2D eigenvalue weighted by Gasteiger charge is 2.39. The molecule has 3 atom stereocenters. The first-order valence-corrected chi connectivity index (χ1v) is 19.7. The number of nitrogens with one attached hydrogen (secondary N) is 4. The van der Waals surface area contributed by atoms with Crippen LogP contribution in [0.25, 0.3) is 27.9 Å². The summed E-state index contributed by atoms with van der Waals surface area (Å²) in [6.07, 6.45) is 11.1. The molecule has 2 saturated heterocycles. The largest absolute Gasteiger partial charge is 0.385 e. The molecule has 1 aliphatic carbocycles. The summed E-state index contributed by atoms with van der Waals surface area (Å²) >= 11 is 0. The van der Waals surface area contributed by atoms with Crippen molar-refractivity contribution in [3.63, 3.8) is 0 Å². The maximum atomic E-state index is 13.4. The number of aromatic nitrogens is 7. The lowest BCUT2D eigenvalue weighted by Crippen LogP contribution is -2.45. The van der Waals surface area contributed by atoms with Gasteiger partial charge in [0.15, 0.2) is 11.3 Å². The number of amides is 5. The number of benzene rings is 1. The first kappa shape index (κ1) is 37.8. The number of carbonyl (C=O) groups excluding carboxylic acids is 4. The zero-order chi connectivity index (χ0) is 39.8. The predicted octanol–water partition coefficient (Wildman–Crippen LogP) is 3.26. The Hall–Kier alpha value is -6.07. The Balaban J connectivity index is 0.772. The van der Waals surface area contributed by atoms with Crippen LogP contribution in [-0.2, 0) is 23.1 Å². The molecule has 3 fully saturated rings. The number of likely N-dealkylation sites (tertiary alicyclic amines) is 1. The Bertz CT molecular complexity index is 2410. The predicted molar refractivity (Wildman–Crippen MR) is 209 cm³/mol. The second-order valence-electron chi connectivity index (χ2n) is 15.2. The van der Waals surface area contributed by atoms with Crippen LogP contribution in [-0.4, -0.2) is 101 Å². The molecule has 0 radical (unpaired) electrons. The maximum absolute atomic E-state index is 13.4. The number of carbonyl (C=O) groups is 4. The van der Waals surface area contributed by atoms with Crippen LogP contribution in [0.1, 0.15) is 85.9 Å². The van der Waals surface area contributed by atoms with Crippen LogP contribution < -0.4 is 27.0 Å². The zero-order valence-electron chi connectivity index (χ0n) is 32.0. The molecular weight excluding hydrogens is 736 g/mol. The molecule has 5 amide bonds. The van der Waals surface area contributed by atoms with Crippen LogP contribution in [0.2, 0.25) is 0 Å². The van der Waals surface area contributed by atoms with Gasteiger partial charge in [-0.15, -0.1) is 0 Å². The molecule has 18 heteroatoms. The minimum absolute atomic E-state index is 0.0567. The summed E-state index contributed by atoms with van der Waals surface area (Å²) < 4.78 is 19.9. The van der Waals surface area contributed by atoms with Gasteiger partial charge in [-0.25, -0.2) is 23.5 Å². The fourth-order valence-corrected chi connectivity index (χ4v) is 7.92. The number of aryl methyl sites for hydroxylation is 2. The number of nitrogens with zero attached hydrogens (tertiary/aromatic N) is 8. The molecule has 3 aliphatic rings. The molecular formula is C39H47FN12O5. The molecule has 1 saturated carbocycles. The van der Waals surface area contributed by atoms with E-state index in [1.54, 1.807) is 24.9 Å². The molecule has 1 aromatic carbocycles. The highest BCUT2D eigenvalue weighted by molar-refractivity contribution is 6.00. The quantitative estimate of drug-likeness (QED) is 0.103. The van der Waals surface area contributed by atoms with E-state index in [0.717, 1.165) is 61.6 Å². The van der Waals surface area contributed by atoms with E-state index in [9.17, 15) is 28.4 Å². The fraction of sp³-hybridized carbons (Fsp3) is 0.487. The van der Waals surface area contributed by atoms with Crippen LogP contribution in [0.15, 0.2) is 47.7 Å². The lowest BCUT2D eigenvalue weighted by Gasteiger charge is -2.32. The van der Waals surface area contributed by atoms with Crippen molar-refractivity contribution < 1.29 is 23.6 Å². The van der Waals surface area contributed by atoms with Crippen LogP contribution in [0, 0.1) is 0 Å². The van der Waals surface area contributed by atoms with Crippen LogP contribution in [0.5, 0.6) is 0 Å². The highest BCUT2D eigenvalue weighted by atomic mass is 19.1. The molecule has 0 bridgehead atoms. The number of fused-ring (bicyclic) bond motifs is 2. The Morgan fingerprint density at radius 1 is 1.00 bits per heavy atom. The third kappa shape index (κ3) is 7.72. The first-order valence-electron chi connectivity index (χ1n) is 19.7. The van der Waals surface area contributed by atoms with Gasteiger partial charge >= 0.3 is 11.7 Å². The molecule has 4 aromatic heterocycles. The van der Waals surface area contributed by atoms with Crippen LogP contribution in [0.3, 0.4) is 0 Å². The second kappa shape index (κ2) is 15.8. The van der Waals surface area contributed by atoms with Crippen molar-refractivity contribution in [3.8, 4) is 11.3 Å². The summed E-state index contributed by atoms with van der Waals surface area (Å²) in [5.41, 5.74) is 5.06. The number of piperidine rings is 2. The van der Waals surface area contributed by atoms with Crippen LogP contribution in [0.4, 0.5) is 14.9 Å². The number of alkyl halides is 1. The van der Waals surface area contributed by atoms with Gasteiger partial charge in [-0.05, 0) is 62.3 Å². The highest BCUT2D eigenvalue weighted by Crippen LogP contribution is 2.29. The van der Waals surface area contributed by atoms with E-state index in [1.807, 2.05) is 40.0 Å². The van der Waals surface area contributed by atoms with Crippen molar-refractivity contribution in [2.45, 2.75) is 88.5 Å². The smallest absolute Gasteiger partial charge is 0.329 e. The SMILES string of the molecule is CNc1cc(-c2cnn(C3CCN(C(=O)NCCCCCCc4ccc5c(c4)n(C)c(=O)n5C4CCC(=O)NC4=O)CC3)c2)nn2c(C(=O)N[C@@H]3C[C@@H]3F)cnc12. The Kier molecular flexibility index (Phi) is 10.5. The van der Waals surface area contributed by atoms with Crippen molar-refractivity contribution in [2.24, 2.45) is 7.05 Å². The third-order valence-electron chi connectivity index (χ3n) is 11.4. The van der Waals surface area contributed by atoms with Crippen molar-refractivity contribution >= 4 is 46.1 Å². The number of urea groups is 1. The average molecular weight is 783 g/mol. The van der Waals surface area contributed by atoms with Crippen molar-refractivity contribution in [2.75, 3.05) is 32.0 Å². The Morgan fingerprint density at radius 2 is 1.79 bits per heavy atom. The summed E-state index contributed by atoms with van der Waals surface area (Å²) in [4.78, 5) is 69.1. The number of rotatable bonds is 13. The van der Waals surface area contributed by atoms with Gasteiger partial charge in [-0.2, -0.15) is 10.2 Å². The van der Waals surface area contributed by atoms with E-state index in [4.69, 9.17) is 5.10 Å². The summed E-state index contributed by atoms with van der Waals surface area (Å²) in [5, 5.41) is 20.5. The molecule has 57 heavy (non-hydrogen) atoms. The van der Waals surface area contributed by atoms with E-state index in [-0.39, 0.29) is 35.8 Å². The number of imide groups is 1. The summed E-state index contributed by atoms with van der Waals surface area (Å²) in [6.45, 7) is 1.83. The van der Waals surface area contributed by atoms with Crippen molar-refractivity contribution in [1.29, 1.82) is 0 Å². The van der Waals surface area contributed by atoms with Gasteiger partial charge < -0.3 is 20.9 Å².